The molecule has 2 aromatic rings. The number of pyridine rings is 1. The summed E-state index contributed by atoms with van der Waals surface area (Å²) in [6.45, 7) is 5.22. The van der Waals surface area contributed by atoms with Gasteiger partial charge in [-0.2, -0.15) is 0 Å². The van der Waals surface area contributed by atoms with E-state index in [1.54, 1.807) is 13.3 Å². The summed E-state index contributed by atoms with van der Waals surface area (Å²) in [5.74, 6) is 1.61. The van der Waals surface area contributed by atoms with Crippen LogP contribution in [-0.4, -0.2) is 37.8 Å². The van der Waals surface area contributed by atoms with E-state index in [-0.39, 0.29) is 24.0 Å². The molecular weight excluding hydrogens is 443 g/mol. The average Bonchev–Trinajstić information content (AvgIpc) is 2.66. The molecule has 0 radical (unpaired) electrons. The summed E-state index contributed by atoms with van der Waals surface area (Å²) < 4.78 is 10.5. The number of aromatic nitrogens is 1. The van der Waals surface area contributed by atoms with E-state index in [0.29, 0.717) is 26.3 Å². The number of nitrogens with zero attached hydrogens (tertiary/aromatic N) is 2. The number of guanidine groups is 1. The molecule has 26 heavy (non-hydrogen) atoms. The lowest BCUT2D eigenvalue weighted by Crippen LogP contribution is -2.36. The van der Waals surface area contributed by atoms with E-state index in [9.17, 15) is 0 Å². The fraction of sp³-hybridized carbons (Fsp3) is 0.368. The van der Waals surface area contributed by atoms with Crippen molar-refractivity contribution < 1.29 is 9.47 Å². The predicted octanol–water partition coefficient (Wildman–Crippen LogP) is 2.98. The second-order valence-corrected chi connectivity index (χ2v) is 5.36. The zero-order chi connectivity index (χ0) is 17.7. The van der Waals surface area contributed by atoms with Gasteiger partial charge in [0.05, 0.1) is 25.4 Å². The standard InChI is InChI=1S/C19H26N4O2.HI/c1-3-20-19(23-15-17-6-4-5-11-21-17)22-14-16-7-9-18(10-8-16)25-13-12-24-2;/h4-11H,3,12-15H2,1-2H3,(H2,20,22,23);1H. The van der Waals surface area contributed by atoms with Crippen molar-refractivity contribution in [2.75, 3.05) is 26.9 Å². The van der Waals surface area contributed by atoms with Crippen LogP contribution in [0.4, 0.5) is 0 Å². The Morgan fingerprint density at radius 2 is 1.88 bits per heavy atom. The van der Waals surface area contributed by atoms with Crippen LogP contribution in [-0.2, 0) is 17.8 Å². The maximum Gasteiger partial charge on any atom is 0.191 e. The Hall–Kier alpha value is -1.87. The molecule has 1 heterocycles. The summed E-state index contributed by atoms with van der Waals surface area (Å²) >= 11 is 0. The maximum absolute atomic E-state index is 5.56. The molecule has 0 aliphatic rings. The molecular formula is C19H27IN4O2. The van der Waals surface area contributed by atoms with Crippen LogP contribution in [0.25, 0.3) is 0 Å². The van der Waals surface area contributed by atoms with E-state index >= 15 is 0 Å². The molecule has 6 nitrogen and oxygen atoms in total. The minimum atomic E-state index is 0. The van der Waals surface area contributed by atoms with Gasteiger partial charge in [0, 0.05) is 19.9 Å². The van der Waals surface area contributed by atoms with Crippen molar-refractivity contribution in [3.8, 4) is 5.75 Å². The van der Waals surface area contributed by atoms with Gasteiger partial charge in [-0.05, 0) is 36.8 Å². The van der Waals surface area contributed by atoms with Crippen molar-refractivity contribution in [3.05, 3.63) is 59.9 Å². The van der Waals surface area contributed by atoms with Gasteiger partial charge in [-0.3, -0.25) is 4.98 Å². The zero-order valence-corrected chi connectivity index (χ0v) is 17.6. The van der Waals surface area contributed by atoms with E-state index < -0.39 is 0 Å². The number of ether oxygens (including phenoxy) is 2. The number of hydrogen-bond acceptors (Lipinski definition) is 4. The SMILES string of the molecule is CCNC(=NCc1ccc(OCCOC)cc1)NCc1ccccn1.I. The highest BCUT2D eigenvalue weighted by molar-refractivity contribution is 14.0. The predicted molar refractivity (Wildman–Crippen MR) is 115 cm³/mol. The number of methoxy groups -OCH3 is 1. The van der Waals surface area contributed by atoms with Crippen LogP contribution in [0.3, 0.4) is 0 Å². The fourth-order valence-corrected chi connectivity index (χ4v) is 2.12. The van der Waals surface area contributed by atoms with Gasteiger partial charge in [-0.15, -0.1) is 24.0 Å². The Morgan fingerprint density at radius 3 is 2.54 bits per heavy atom. The Kier molecular flexibility index (Phi) is 11.4. The van der Waals surface area contributed by atoms with E-state index in [1.165, 1.54) is 0 Å². The molecule has 0 unspecified atom stereocenters. The summed E-state index contributed by atoms with van der Waals surface area (Å²) in [4.78, 5) is 8.91. The molecule has 0 saturated carbocycles. The first-order chi connectivity index (χ1) is 12.3. The quantitative estimate of drug-likeness (QED) is 0.255. The van der Waals surface area contributed by atoms with Gasteiger partial charge in [-0.1, -0.05) is 18.2 Å². The van der Waals surface area contributed by atoms with Crippen molar-refractivity contribution in [3.63, 3.8) is 0 Å². The molecule has 0 bridgehead atoms. The van der Waals surface area contributed by atoms with E-state index in [1.807, 2.05) is 49.4 Å². The van der Waals surface area contributed by atoms with Gasteiger partial charge in [-0.25, -0.2) is 4.99 Å². The molecule has 0 fully saturated rings. The Balaban J connectivity index is 0.00000338. The maximum atomic E-state index is 5.56. The average molecular weight is 470 g/mol. The van der Waals surface area contributed by atoms with Gasteiger partial charge < -0.3 is 20.1 Å². The van der Waals surface area contributed by atoms with Crippen LogP contribution in [0.15, 0.2) is 53.7 Å². The number of aliphatic imine (C=N–C) groups is 1. The highest BCUT2D eigenvalue weighted by Gasteiger charge is 2.00. The van der Waals surface area contributed by atoms with Gasteiger partial charge in [0.25, 0.3) is 0 Å². The molecule has 7 heteroatoms. The normalized spacial score (nSPS) is 10.8. The zero-order valence-electron chi connectivity index (χ0n) is 15.3. The molecule has 0 aliphatic carbocycles. The molecule has 1 aromatic carbocycles. The molecule has 142 valence electrons. The summed E-state index contributed by atoms with van der Waals surface area (Å²) in [6, 6.07) is 13.8. The second-order valence-electron chi connectivity index (χ2n) is 5.36. The molecule has 2 rings (SSSR count). The van der Waals surface area contributed by atoms with Gasteiger partial charge >= 0.3 is 0 Å². The third kappa shape index (κ3) is 8.48. The fourth-order valence-electron chi connectivity index (χ4n) is 2.12. The Bertz CT molecular complexity index is 636. The lowest BCUT2D eigenvalue weighted by Gasteiger charge is -2.11. The monoisotopic (exact) mass is 470 g/mol. The van der Waals surface area contributed by atoms with Crippen LogP contribution in [0.2, 0.25) is 0 Å². The third-order valence-electron chi connectivity index (χ3n) is 3.41. The van der Waals surface area contributed by atoms with Crippen molar-refractivity contribution in [2.24, 2.45) is 4.99 Å². The van der Waals surface area contributed by atoms with Crippen LogP contribution in [0.1, 0.15) is 18.2 Å². The molecule has 1 aromatic heterocycles. The van der Waals surface area contributed by atoms with E-state index in [0.717, 1.165) is 29.5 Å². The summed E-state index contributed by atoms with van der Waals surface area (Å²) in [5, 5.41) is 6.53. The van der Waals surface area contributed by atoms with E-state index in [2.05, 4.69) is 20.6 Å². The number of halogens is 1. The first-order valence-electron chi connectivity index (χ1n) is 8.44. The van der Waals surface area contributed by atoms with Crippen molar-refractivity contribution in [2.45, 2.75) is 20.0 Å². The van der Waals surface area contributed by atoms with Crippen LogP contribution >= 0.6 is 24.0 Å². The molecule has 0 saturated heterocycles. The number of benzene rings is 1. The second kappa shape index (κ2) is 13.3. The van der Waals surface area contributed by atoms with Crippen molar-refractivity contribution >= 4 is 29.9 Å². The highest BCUT2D eigenvalue weighted by atomic mass is 127. The molecule has 2 N–H and O–H groups in total. The van der Waals surface area contributed by atoms with Crippen LogP contribution < -0.4 is 15.4 Å². The smallest absolute Gasteiger partial charge is 0.191 e. The molecule has 0 amide bonds. The molecule has 0 atom stereocenters. The molecule has 0 aliphatic heterocycles. The topological polar surface area (TPSA) is 67.8 Å². The minimum absolute atomic E-state index is 0. The lowest BCUT2D eigenvalue weighted by molar-refractivity contribution is 0.146. The summed E-state index contributed by atoms with van der Waals surface area (Å²) in [7, 11) is 1.66. The highest BCUT2D eigenvalue weighted by Crippen LogP contribution is 2.12. The van der Waals surface area contributed by atoms with Gasteiger partial charge in [0.1, 0.15) is 12.4 Å². The van der Waals surface area contributed by atoms with Crippen molar-refractivity contribution in [1.29, 1.82) is 0 Å². The minimum Gasteiger partial charge on any atom is -0.491 e. The third-order valence-corrected chi connectivity index (χ3v) is 3.41. The number of nitrogens with one attached hydrogen (secondary N) is 2. The lowest BCUT2D eigenvalue weighted by atomic mass is 10.2. The number of hydrogen-bond donors (Lipinski definition) is 2. The van der Waals surface area contributed by atoms with Crippen LogP contribution in [0.5, 0.6) is 5.75 Å². The van der Waals surface area contributed by atoms with Crippen LogP contribution in [0, 0.1) is 0 Å². The largest absolute Gasteiger partial charge is 0.491 e. The first-order valence-corrected chi connectivity index (χ1v) is 8.44. The Morgan fingerprint density at radius 1 is 1.08 bits per heavy atom. The number of rotatable bonds is 9. The van der Waals surface area contributed by atoms with Gasteiger partial charge in [0.2, 0.25) is 0 Å². The van der Waals surface area contributed by atoms with Crippen molar-refractivity contribution in [1.82, 2.24) is 15.6 Å². The first kappa shape index (κ1) is 22.2. The Labute approximate surface area is 172 Å². The molecule has 0 spiro atoms. The summed E-state index contributed by atoms with van der Waals surface area (Å²) in [5.41, 5.74) is 2.10. The van der Waals surface area contributed by atoms with E-state index in [4.69, 9.17) is 9.47 Å². The van der Waals surface area contributed by atoms with Gasteiger partial charge in [0.15, 0.2) is 5.96 Å². The summed E-state index contributed by atoms with van der Waals surface area (Å²) in [6.07, 6.45) is 1.79.